The van der Waals surface area contributed by atoms with Crippen molar-refractivity contribution < 1.29 is 0 Å². The summed E-state index contributed by atoms with van der Waals surface area (Å²) in [7, 11) is 0. The van der Waals surface area contributed by atoms with Gasteiger partial charge in [-0.3, -0.25) is 4.90 Å². The van der Waals surface area contributed by atoms with Crippen LogP contribution in [0.25, 0.3) is 64.0 Å². The van der Waals surface area contributed by atoms with Crippen LogP contribution in [0.3, 0.4) is 0 Å². The summed E-state index contributed by atoms with van der Waals surface area (Å²) < 4.78 is 2.48. The summed E-state index contributed by atoms with van der Waals surface area (Å²) in [6.45, 7) is 0. The Kier molecular flexibility index (Phi) is 6.36. The third kappa shape index (κ3) is 4.61. The van der Waals surface area contributed by atoms with Crippen molar-refractivity contribution in [2.45, 2.75) is 0 Å². The van der Waals surface area contributed by atoms with Gasteiger partial charge in [-0.05, 0) is 86.3 Å². The van der Waals surface area contributed by atoms with Crippen LogP contribution in [0.2, 0.25) is 0 Å². The fraction of sp³-hybridized carbons (Fsp3) is 0. The van der Waals surface area contributed by atoms with Gasteiger partial charge in [0.2, 0.25) is 0 Å². The Hall–Kier alpha value is -5.77. The van der Waals surface area contributed by atoms with Crippen LogP contribution in [-0.2, 0) is 0 Å². The van der Waals surface area contributed by atoms with E-state index in [1.54, 1.807) is 0 Å². The van der Waals surface area contributed by atoms with Gasteiger partial charge < -0.3 is 0 Å². The van der Waals surface area contributed by atoms with E-state index in [1.807, 2.05) is 17.5 Å². The molecular weight excluding hydrogens is 577 g/mol. The summed E-state index contributed by atoms with van der Waals surface area (Å²) in [5.41, 5.74) is 6.92. The molecule has 0 saturated carbocycles. The number of fused-ring (bicyclic) bond motifs is 6. The van der Waals surface area contributed by atoms with E-state index in [9.17, 15) is 0 Å². The molecule has 0 atom stereocenters. The summed E-state index contributed by atoms with van der Waals surface area (Å²) in [5, 5.41) is 7.57. The average molecular weight is 605 g/mol. The second-order valence-corrected chi connectivity index (χ2v) is 12.7. The van der Waals surface area contributed by atoms with Crippen LogP contribution in [0.4, 0.5) is 17.2 Å². The predicted octanol–water partition coefficient (Wildman–Crippen LogP) is 12.6. The maximum Gasteiger partial charge on any atom is 0.138 e. The highest BCUT2D eigenvalue weighted by molar-refractivity contribution is 7.26. The number of aromatic nitrogens is 1. The van der Waals surface area contributed by atoms with E-state index >= 15 is 0 Å². The van der Waals surface area contributed by atoms with Gasteiger partial charge in [0.25, 0.3) is 0 Å². The van der Waals surface area contributed by atoms with Gasteiger partial charge >= 0.3 is 0 Å². The maximum absolute atomic E-state index is 5.07. The second kappa shape index (κ2) is 11.0. The van der Waals surface area contributed by atoms with Crippen molar-refractivity contribution in [3.8, 4) is 22.3 Å². The molecule has 9 aromatic rings. The predicted molar refractivity (Wildman–Crippen MR) is 198 cm³/mol. The molecule has 0 saturated heterocycles. The van der Waals surface area contributed by atoms with Crippen molar-refractivity contribution in [2.75, 3.05) is 4.90 Å². The number of benzene rings is 7. The molecule has 2 heterocycles. The van der Waals surface area contributed by atoms with Crippen LogP contribution < -0.4 is 4.90 Å². The molecule has 46 heavy (non-hydrogen) atoms. The van der Waals surface area contributed by atoms with E-state index in [0.29, 0.717) is 0 Å². The molecule has 0 aliphatic carbocycles. The molecule has 7 aromatic carbocycles. The minimum atomic E-state index is 0.894. The molecule has 0 N–H and O–H groups in total. The molecule has 2 nitrogen and oxygen atoms in total. The Morgan fingerprint density at radius 3 is 1.76 bits per heavy atom. The Morgan fingerprint density at radius 2 is 1.00 bits per heavy atom. The quantitative estimate of drug-likeness (QED) is 0.194. The molecule has 2 aromatic heterocycles. The lowest BCUT2D eigenvalue weighted by Gasteiger charge is -2.25. The largest absolute Gasteiger partial charge is 0.295 e. The number of pyridine rings is 1. The summed E-state index contributed by atoms with van der Waals surface area (Å²) in [6, 6.07) is 58.8. The average Bonchev–Trinajstić information content (AvgIpc) is 3.51. The molecular formula is C43H28N2S. The van der Waals surface area contributed by atoms with Gasteiger partial charge in [-0.1, -0.05) is 121 Å². The Labute approximate surface area is 271 Å². The second-order valence-electron chi connectivity index (χ2n) is 11.7. The molecule has 3 heteroatoms. The maximum atomic E-state index is 5.07. The third-order valence-electron chi connectivity index (χ3n) is 8.90. The highest BCUT2D eigenvalue weighted by atomic mass is 32.1. The topological polar surface area (TPSA) is 16.1 Å². The summed E-state index contributed by atoms with van der Waals surface area (Å²) in [5.74, 6) is 0.894. The number of thiophene rings is 1. The fourth-order valence-electron chi connectivity index (χ4n) is 6.58. The number of hydrogen-bond donors (Lipinski definition) is 0. The van der Waals surface area contributed by atoms with E-state index in [-0.39, 0.29) is 0 Å². The van der Waals surface area contributed by atoms with Crippen molar-refractivity contribution in [3.63, 3.8) is 0 Å². The smallest absolute Gasteiger partial charge is 0.138 e. The van der Waals surface area contributed by atoms with E-state index in [1.165, 1.54) is 64.0 Å². The molecule has 0 unspecified atom stereocenters. The first-order valence-electron chi connectivity index (χ1n) is 15.5. The lowest BCUT2D eigenvalue weighted by atomic mass is 10.0. The standard InChI is InChI=1S/C43H28N2S/c1-2-8-29(9-3-1)31-16-21-36(22-17-31)45(37-23-18-32(19-24-37)35-15-14-30-10-4-5-12-34(30)26-35)42-27-39-41(28-44-42)46-40-25-20-33-11-6-7-13-38(33)43(39)40/h1-28H. The van der Waals surface area contributed by atoms with Gasteiger partial charge in [0.1, 0.15) is 5.82 Å². The molecule has 0 bridgehead atoms. The molecule has 9 rings (SSSR count). The number of hydrogen-bond acceptors (Lipinski definition) is 3. The lowest BCUT2D eigenvalue weighted by Crippen LogP contribution is -2.11. The molecule has 0 spiro atoms. The van der Waals surface area contributed by atoms with Crippen molar-refractivity contribution in [2.24, 2.45) is 0 Å². The number of nitrogens with zero attached hydrogens (tertiary/aromatic N) is 2. The van der Waals surface area contributed by atoms with Crippen molar-refractivity contribution in [1.29, 1.82) is 0 Å². The van der Waals surface area contributed by atoms with Crippen molar-refractivity contribution in [1.82, 2.24) is 4.98 Å². The molecule has 216 valence electrons. The van der Waals surface area contributed by atoms with Crippen LogP contribution in [0.5, 0.6) is 0 Å². The van der Waals surface area contributed by atoms with Gasteiger partial charge in [-0.2, -0.15) is 0 Å². The first kappa shape index (κ1) is 26.6. The molecule has 0 fully saturated rings. The molecule has 0 aliphatic heterocycles. The summed E-state index contributed by atoms with van der Waals surface area (Å²) >= 11 is 1.81. The van der Waals surface area contributed by atoms with Crippen LogP contribution in [0.15, 0.2) is 170 Å². The summed E-state index contributed by atoms with van der Waals surface area (Å²) in [4.78, 5) is 7.34. The minimum Gasteiger partial charge on any atom is -0.295 e. The lowest BCUT2D eigenvalue weighted by molar-refractivity contribution is 1.19. The van der Waals surface area contributed by atoms with Crippen LogP contribution in [0, 0.1) is 0 Å². The van der Waals surface area contributed by atoms with E-state index in [4.69, 9.17) is 4.98 Å². The fourth-order valence-corrected chi connectivity index (χ4v) is 7.65. The molecule has 0 aliphatic rings. The zero-order valence-electron chi connectivity index (χ0n) is 25.0. The SMILES string of the molecule is c1ccc(-c2ccc(N(c3ccc(-c4ccc5ccccc5c4)cc3)c3cc4c(cn3)sc3ccc5ccccc5c34)cc2)cc1. The van der Waals surface area contributed by atoms with Crippen molar-refractivity contribution in [3.05, 3.63) is 170 Å². The first-order valence-corrected chi connectivity index (χ1v) is 16.4. The Morgan fingerprint density at radius 1 is 0.413 bits per heavy atom. The summed E-state index contributed by atoms with van der Waals surface area (Å²) in [6.07, 6.45) is 2.04. The van der Waals surface area contributed by atoms with Gasteiger partial charge in [-0.25, -0.2) is 4.98 Å². The van der Waals surface area contributed by atoms with Crippen LogP contribution in [0.1, 0.15) is 0 Å². The number of anilines is 3. The Balaban J connectivity index is 1.19. The monoisotopic (exact) mass is 604 g/mol. The first-order chi connectivity index (χ1) is 22.8. The van der Waals surface area contributed by atoms with Crippen LogP contribution >= 0.6 is 11.3 Å². The van der Waals surface area contributed by atoms with Gasteiger partial charge in [0.05, 0.1) is 4.70 Å². The third-order valence-corrected chi connectivity index (χ3v) is 10.0. The highest BCUT2D eigenvalue weighted by Crippen LogP contribution is 2.42. The minimum absolute atomic E-state index is 0.894. The van der Waals surface area contributed by atoms with Gasteiger partial charge in [-0.15, -0.1) is 11.3 Å². The zero-order valence-corrected chi connectivity index (χ0v) is 25.8. The van der Waals surface area contributed by atoms with Gasteiger partial charge in [0.15, 0.2) is 0 Å². The zero-order chi connectivity index (χ0) is 30.5. The van der Waals surface area contributed by atoms with E-state index in [2.05, 4.69) is 169 Å². The Bertz CT molecular complexity index is 2510. The van der Waals surface area contributed by atoms with E-state index < -0.39 is 0 Å². The van der Waals surface area contributed by atoms with E-state index in [0.717, 1.165) is 17.2 Å². The number of rotatable bonds is 5. The normalized spacial score (nSPS) is 11.5. The highest BCUT2D eigenvalue weighted by Gasteiger charge is 2.17. The van der Waals surface area contributed by atoms with Gasteiger partial charge in [0, 0.05) is 33.0 Å². The molecule has 0 amide bonds. The van der Waals surface area contributed by atoms with Crippen LogP contribution in [-0.4, -0.2) is 4.98 Å². The molecule has 0 radical (unpaired) electrons. The van der Waals surface area contributed by atoms with Crippen molar-refractivity contribution >= 4 is 70.2 Å².